The zero-order valence-electron chi connectivity index (χ0n) is 20.5. The molecular weight excluding hydrogens is 444 g/mol. The van der Waals surface area contributed by atoms with Gasteiger partial charge in [-0.2, -0.15) is 0 Å². The van der Waals surface area contributed by atoms with Crippen molar-refractivity contribution in [1.82, 2.24) is 14.5 Å². The van der Waals surface area contributed by atoms with Crippen LogP contribution in [0.3, 0.4) is 0 Å². The van der Waals surface area contributed by atoms with Crippen LogP contribution in [0, 0.1) is 0 Å². The van der Waals surface area contributed by atoms with Gasteiger partial charge in [-0.3, -0.25) is 9.36 Å². The van der Waals surface area contributed by atoms with Crippen LogP contribution in [-0.2, 0) is 4.79 Å². The third-order valence-corrected chi connectivity index (χ3v) is 7.89. The molecule has 1 aliphatic carbocycles. The van der Waals surface area contributed by atoms with Crippen LogP contribution in [0.2, 0.25) is 0 Å². The molecule has 0 bridgehead atoms. The first-order chi connectivity index (χ1) is 17.6. The molecule has 2 atom stereocenters. The van der Waals surface area contributed by atoms with E-state index in [2.05, 4.69) is 83.4 Å². The molecular formula is C31H28N4O. The summed E-state index contributed by atoms with van der Waals surface area (Å²) >= 11 is 0. The molecule has 5 nitrogen and oxygen atoms in total. The zero-order valence-corrected chi connectivity index (χ0v) is 20.5. The molecule has 2 aromatic heterocycles. The van der Waals surface area contributed by atoms with Gasteiger partial charge in [-0.25, -0.2) is 4.98 Å². The van der Waals surface area contributed by atoms with Crippen LogP contribution < -0.4 is 5.32 Å². The summed E-state index contributed by atoms with van der Waals surface area (Å²) in [5.41, 5.74) is 8.56. The average Bonchev–Trinajstić information content (AvgIpc) is 3.49. The fourth-order valence-electron chi connectivity index (χ4n) is 6.03. The second-order valence-electron chi connectivity index (χ2n) is 10.4. The summed E-state index contributed by atoms with van der Waals surface area (Å²) in [4.78, 5) is 22.3. The lowest BCUT2D eigenvalue weighted by atomic mass is 9.77. The summed E-state index contributed by atoms with van der Waals surface area (Å²) in [5, 5.41) is 4.73. The molecule has 178 valence electrons. The Morgan fingerprint density at radius 3 is 2.56 bits per heavy atom. The van der Waals surface area contributed by atoms with E-state index in [1.165, 1.54) is 11.1 Å². The smallest absolute Gasteiger partial charge is 0.209 e. The number of carbonyl (C=O) groups is 1. The molecule has 7 rings (SSSR count). The Labute approximate surface area is 209 Å². The van der Waals surface area contributed by atoms with E-state index >= 15 is 0 Å². The van der Waals surface area contributed by atoms with Crippen LogP contribution in [0.5, 0.6) is 0 Å². The van der Waals surface area contributed by atoms with E-state index in [-0.39, 0.29) is 17.7 Å². The number of allylic oxidation sites excluding steroid dienone is 2. The highest BCUT2D eigenvalue weighted by Crippen LogP contribution is 2.47. The Kier molecular flexibility index (Phi) is 4.68. The minimum atomic E-state index is -0.225. The monoisotopic (exact) mass is 472 g/mol. The van der Waals surface area contributed by atoms with Gasteiger partial charge in [-0.15, -0.1) is 0 Å². The van der Waals surface area contributed by atoms with Gasteiger partial charge in [0, 0.05) is 40.4 Å². The number of aromatic nitrogens is 3. The normalized spacial score (nSPS) is 19.6. The first-order valence-electron chi connectivity index (χ1n) is 12.7. The molecule has 36 heavy (non-hydrogen) atoms. The zero-order chi connectivity index (χ0) is 24.4. The molecule has 2 aliphatic rings. The van der Waals surface area contributed by atoms with Gasteiger partial charge in [-0.05, 0) is 47.6 Å². The Morgan fingerprint density at radius 1 is 0.944 bits per heavy atom. The number of Topliss-reactive ketones (excluding diaryl/α,β-unsaturated/α-hetero) is 1. The summed E-state index contributed by atoms with van der Waals surface area (Å²) in [7, 11) is 0. The predicted octanol–water partition coefficient (Wildman–Crippen LogP) is 7.06. The third-order valence-electron chi connectivity index (χ3n) is 7.89. The van der Waals surface area contributed by atoms with E-state index in [1.54, 1.807) is 0 Å². The van der Waals surface area contributed by atoms with Crippen LogP contribution in [0.1, 0.15) is 61.3 Å². The molecule has 0 fully saturated rings. The van der Waals surface area contributed by atoms with Crippen molar-refractivity contribution in [3.8, 4) is 0 Å². The number of hydrogen-bond acceptors (Lipinski definition) is 3. The lowest BCUT2D eigenvalue weighted by Gasteiger charge is -2.36. The molecule has 5 aromatic rings. The maximum atomic E-state index is 14.0. The number of ketones is 1. The Morgan fingerprint density at radius 2 is 1.72 bits per heavy atom. The van der Waals surface area contributed by atoms with Crippen molar-refractivity contribution >= 4 is 33.7 Å². The molecule has 0 unspecified atom stereocenters. The van der Waals surface area contributed by atoms with Crippen molar-refractivity contribution in [2.45, 2.75) is 44.6 Å². The van der Waals surface area contributed by atoms with Crippen molar-refractivity contribution < 1.29 is 4.79 Å². The lowest BCUT2D eigenvalue weighted by molar-refractivity contribution is -0.116. The second kappa shape index (κ2) is 7.95. The quantitative estimate of drug-likeness (QED) is 0.296. The number of imidazole rings is 1. The highest BCUT2D eigenvalue weighted by atomic mass is 16.1. The van der Waals surface area contributed by atoms with Crippen LogP contribution >= 0.6 is 0 Å². The molecule has 3 heterocycles. The first-order valence-corrected chi connectivity index (χ1v) is 12.7. The van der Waals surface area contributed by atoms with E-state index in [9.17, 15) is 4.79 Å². The number of para-hydroxylation sites is 3. The number of benzene rings is 3. The molecule has 3 aromatic carbocycles. The first kappa shape index (κ1) is 21.2. The molecule has 0 saturated heterocycles. The Balaban J connectivity index is 1.39. The third kappa shape index (κ3) is 3.15. The van der Waals surface area contributed by atoms with Crippen molar-refractivity contribution in [2.24, 2.45) is 0 Å². The van der Waals surface area contributed by atoms with Crippen molar-refractivity contribution in [1.29, 1.82) is 0 Å². The standard InChI is InChI=1S/C31H28N4O/c1-18(2)19-11-13-20(14-12-19)21-15-26-29(28(36)16-21)30(23-17-32-24-8-4-3-7-22(23)24)35-27-10-6-5-9-25(27)33-31(35)34-26/h3-14,17-18,21,30,32H,15-16H2,1-2H3,(H,33,34)/t21-,30+/m1/s1. The predicted molar refractivity (Wildman–Crippen MR) is 144 cm³/mol. The lowest BCUT2D eigenvalue weighted by Crippen LogP contribution is -2.33. The number of nitrogens with zero attached hydrogens (tertiary/aromatic N) is 2. The fraction of sp³-hybridized carbons (Fsp3) is 0.226. The highest BCUT2D eigenvalue weighted by Gasteiger charge is 2.40. The van der Waals surface area contributed by atoms with E-state index in [4.69, 9.17) is 4.98 Å². The van der Waals surface area contributed by atoms with Crippen LogP contribution in [0.25, 0.3) is 21.9 Å². The largest absolute Gasteiger partial charge is 0.361 e. The Bertz CT molecular complexity index is 1670. The summed E-state index contributed by atoms with van der Waals surface area (Å²) in [6.07, 6.45) is 3.38. The van der Waals surface area contributed by atoms with Crippen molar-refractivity contribution in [3.63, 3.8) is 0 Å². The number of H-pyrrole nitrogens is 1. The van der Waals surface area contributed by atoms with Gasteiger partial charge in [0.1, 0.15) is 0 Å². The molecule has 2 N–H and O–H groups in total. The van der Waals surface area contributed by atoms with E-state index in [0.717, 1.165) is 51.1 Å². The SMILES string of the molecule is CC(C)c1ccc([C@H]2CC(=O)C3=C(C2)Nc2nc4ccccc4n2[C@H]3c2c[nH]c3ccccc23)cc1. The van der Waals surface area contributed by atoms with Gasteiger partial charge in [0.05, 0.1) is 17.1 Å². The number of carbonyl (C=O) groups excluding carboxylic acids is 1. The summed E-state index contributed by atoms with van der Waals surface area (Å²) < 4.78 is 2.21. The second-order valence-corrected chi connectivity index (χ2v) is 10.4. The molecule has 0 radical (unpaired) electrons. The molecule has 0 amide bonds. The minimum absolute atomic E-state index is 0.157. The van der Waals surface area contributed by atoms with Crippen LogP contribution in [0.4, 0.5) is 5.95 Å². The molecule has 0 spiro atoms. The number of fused-ring (bicyclic) bond motifs is 4. The average molecular weight is 473 g/mol. The molecule has 0 saturated carbocycles. The Hall–Kier alpha value is -4.12. The van der Waals surface area contributed by atoms with Gasteiger partial charge in [-0.1, -0.05) is 68.4 Å². The number of nitrogens with one attached hydrogen (secondary N) is 2. The molecule has 1 aliphatic heterocycles. The maximum Gasteiger partial charge on any atom is 0.209 e. The number of anilines is 1. The van der Waals surface area contributed by atoms with Gasteiger partial charge < -0.3 is 10.3 Å². The van der Waals surface area contributed by atoms with Gasteiger partial charge >= 0.3 is 0 Å². The maximum absolute atomic E-state index is 14.0. The van der Waals surface area contributed by atoms with Gasteiger partial charge in [0.2, 0.25) is 5.95 Å². The minimum Gasteiger partial charge on any atom is -0.361 e. The van der Waals surface area contributed by atoms with Crippen LogP contribution in [-0.4, -0.2) is 20.3 Å². The van der Waals surface area contributed by atoms with E-state index in [0.29, 0.717) is 12.3 Å². The van der Waals surface area contributed by atoms with E-state index in [1.807, 2.05) is 24.3 Å². The van der Waals surface area contributed by atoms with Crippen molar-refractivity contribution in [3.05, 3.63) is 107 Å². The van der Waals surface area contributed by atoms with Crippen LogP contribution in [0.15, 0.2) is 90.3 Å². The number of aromatic amines is 1. The summed E-state index contributed by atoms with van der Waals surface area (Å²) in [6.45, 7) is 4.41. The fourth-order valence-corrected chi connectivity index (χ4v) is 6.03. The summed E-state index contributed by atoms with van der Waals surface area (Å²) in [6, 6.07) is 25.1. The van der Waals surface area contributed by atoms with Gasteiger partial charge in [0.15, 0.2) is 5.78 Å². The topological polar surface area (TPSA) is 62.7 Å². The number of hydrogen-bond donors (Lipinski definition) is 2. The highest BCUT2D eigenvalue weighted by molar-refractivity contribution is 6.02. The van der Waals surface area contributed by atoms with E-state index < -0.39 is 0 Å². The molecule has 5 heteroatoms. The summed E-state index contributed by atoms with van der Waals surface area (Å²) in [5.74, 6) is 1.66. The van der Waals surface area contributed by atoms with Crippen molar-refractivity contribution in [2.75, 3.05) is 5.32 Å². The van der Waals surface area contributed by atoms with Gasteiger partial charge in [0.25, 0.3) is 0 Å². The number of rotatable bonds is 3.